The van der Waals surface area contributed by atoms with E-state index in [4.69, 9.17) is 21.1 Å². The topological polar surface area (TPSA) is 18.5 Å². The van der Waals surface area contributed by atoms with Crippen LogP contribution in [0.4, 0.5) is 0 Å². The van der Waals surface area contributed by atoms with Crippen LogP contribution >= 0.6 is 11.6 Å². The van der Waals surface area contributed by atoms with Crippen LogP contribution in [-0.4, -0.2) is 31.3 Å². The van der Waals surface area contributed by atoms with Gasteiger partial charge in [-0.25, -0.2) is 0 Å². The molecule has 0 unspecified atom stereocenters. The van der Waals surface area contributed by atoms with Crippen LogP contribution < -0.4 is 0 Å². The third kappa shape index (κ3) is 4.63. The van der Waals surface area contributed by atoms with Gasteiger partial charge in [-0.1, -0.05) is 13.8 Å². The predicted molar refractivity (Wildman–Crippen MR) is 58.9 cm³/mol. The van der Waals surface area contributed by atoms with Gasteiger partial charge in [-0.15, -0.1) is 11.6 Å². The molecule has 14 heavy (non-hydrogen) atoms. The number of ether oxygens (including phenoxy) is 2. The fraction of sp³-hybridized carbons (Fsp3) is 1.00. The lowest BCUT2D eigenvalue weighted by molar-refractivity contribution is 0.0526. The molecule has 0 amide bonds. The maximum atomic E-state index is 6.43. The van der Waals surface area contributed by atoms with Crippen LogP contribution in [0, 0.1) is 5.92 Å². The van der Waals surface area contributed by atoms with E-state index >= 15 is 0 Å². The summed E-state index contributed by atoms with van der Waals surface area (Å²) in [5.41, 5.74) is 0. The molecule has 0 aromatic rings. The van der Waals surface area contributed by atoms with Gasteiger partial charge in [0.1, 0.15) is 0 Å². The monoisotopic (exact) mass is 220 g/mol. The van der Waals surface area contributed by atoms with Crippen LogP contribution in [0.25, 0.3) is 0 Å². The number of hydrogen-bond acceptors (Lipinski definition) is 2. The van der Waals surface area contributed by atoms with E-state index in [1.807, 2.05) is 0 Å². The van der Waals surface area contributed by atoms with Gasteiger partial charge in [0.2, 0.25) is 0 Å². The Kier molecular flexibility index (Phi) is 5.21. The Morgan fingerprint density at radius 3 is 2.57 bits per heavy atom. The Bertz CT molecular complexity index is 153. The molecule has 1 heterocycles. The fourth-order valence-electron chi connectivity index (χ4n) is 1.56. The number of rotatable bonds is 5. The third-order valence-corrected chi connectivity index (χ3v) is 3.10. The fourth-order valence-corrected chi connectivity index (χ4v) is 1.79. The zero-order chi connectivity index (χ0) is 10.4. The smallest absolute Gasteiger partial charge is 0.0512 e. The maximum absolute atomic E-state index is 6.43. The minimum Gasteiger partial charge on any atom is -0.381 e. The zero-order valence-corrected chi connectivity index (χ0v) is 9.98. The first-order valence-corrected chi connectivity index (χ1v) is 5.85. The molecule has 0 aromatic carbocycles. The molecule has 1 rings (SSSR count). The van der Waals surface area contributed by atoms with Crippen molar-refractivity contribution in [1.29, 1.82) is 0 Å². The van der Waals surface area contributed by atoms with Crippen LogP contribution in [0.15, 0.2) is 0 Å². The van der Waals surface area contributed by atoms with Crippen LogP contribution in [0.5, 0.6) is 0 Å². The first kappa shape index (κ1) is 12.3. The quantitative estimate of drug-likeness (QED) is 0.524. The lowest BCUT2D eigenvalue weighted by atomic mass is 9.96. The highest BCUT2D eigenvalue weighted by Crippen LogP contribution is 2.31. The molecule has 84 valence electrons. The molecule has 0 spiro atoms. The molecule has 2 nitrogen and oxygen atoms in total. The molecule has 3 heteroatoms. The second-order valence-corrected chi connectivity index (χ2v) is 5.28. The molecule has 0 atom stereocenters. The lowest BCUT2D eigenvalue weighted by Gasteiger charge is -2.31. The summed E-state index contributed by atoms with van der Waals surface area (Å²) in [4.78, 5) is -0.0603. The minimum atomic E-state index is -0.0603. The molecular weight excluding hydrogens is 200 g/mol. The molecule has 1 saturated heterocycles. The number of halogens is 1. The van der Waals surface area contributed by atoms with Crippen LogP contribution in [0.3, 0.4) is 0 Å². The van der Waals surface area contributed by atoms with Crippen molar-refractivity contribution >= 4 is 11.6 Å². The van der Waals surface area contributed by atoms with E-state index in [1.54, 1.807) is 0 Å². The minimum absolute atomic E-state index is 0.0603. The van der Waals surface area contributed by atoms with Crippen molar-refractivity contribution in [3.63, 3.8) is 0 Å². The van der Waals surface area contributed by atoms with Gasteiger partial charge in [-0.3, -0.25) is 0 Å². The van der Waals surface area contributed by atoms with Crippen molar-refractivity contribution < 1.29 is 9.47 Å². The normalized spacial score (nSPS) is 21.4. The second-order valence-electron chi connectivity index (χ2n) is 4.48. The highest BCUT2D eigenvalue weighted by Gasteiger charge is 2.29. The first-order chi connectivity index (χ1) is 6.62. The van der Waals surface area contributed by atoms with Crippen LogP contribution in [0.2, 0.25) is 0 Å². The summed E-state index contributed by atoms with van der Waals surface area (Å²) in [6, 6.07) is 0. The molecule has 0 aromatic heterocycles. The summed E-state index contributed by atoms with van der Waals surface area (Å²) in [7, 11) is 0. The van der Waals surface area contributed by atoms with Gasteiger partial charge in [-0.05, 0) is 25.2 Å². The van der Waals surface area contributed by atoms with Gasteiger partial charge in [0.05, 0.1) is 4.87 Å². The van der Waals surface area contributed by atoms with Gasteiger partial charge in [-0.2, -0.15) is 0 Å². The average molecular weight is 221 g/mol. The molecule has 0 radical (unpaired) electrons. The van der Waals surface area contributed by atoms with Gasteiger partial charge in [0, 0.05) is 26.4 Å². The van der Waals surface area contributed by atoms with Gasteiger partial charge in [0.15, 0.2) is 0 Å². The van der Waals surface area contributed by atoms with E-state index in [0.29, 0.717) is 5.92 Å². The van der Waals surface area contributed by atoms with Crippen molar-refractivity contribution in [2.45, 2.75) is 38.0 Å². The van der Waals surface area contributed by atoms with Crippen molar-refractivity contribution in [1.82, 2.24) is 0 Å². The number of hydrogen-bond donors (Lipinski definition) is 0. The zero-order valence-electron chi connectivity index (χ0n) is 9.22. The Labute approximate surface area is 91.9 Å². The molecule has 0 N–H and O–H groups in total. The van der Waals surface area contributed by atoms with E-state index < -0.39 is 0 Å². The van der Waals surface area contributed by atoms with Crippen LogP contribution in [-0.2, 0) is 9.47 Å². The highest BCUT2D eigenvalue weighted by atomic mass is 35.5. The molecular formula is C11H21ClO2. The van der Waals surface area contributed by atoms with E-state index in [2.05, 4.69) is 13.8 Å². The highest BCUT2D eigenvalue weighted by molar-refractivity contribution is 6.24. The van der Waals surface area contributed by atoms with Crippen molar-refractivity contribution in [2.75, 3.05) is 26.4 Å². The summed E-state index contributed by atoms with van der Waals surface area (Å²) in [6.07, 6.45) is 2.86. The van der Waals surface area contributed by atoms with Gasteiger partial charge in [0.25, 0.3) is 0 Å². The summed E-state index contributed by atoms with van der Waals surface area (Å²) in [5.74, 6) is 0.607. The Hall–Kier alpha value is 0.210. The predicted octanol–water partition coefficient (Wildman–Crippen LogP) is 2.84. The Morgan fingerprint density at radius 1 is 1.36 bits per heavy atom. The van der Waals surface area contributed by atoms with Gasteiger partial charge >= 0.3 is 0 Å². The first-order valence-electron chi connectivity index (χ1n) is 5.47. The van der Waals surface area contributed by atoms with E-state index in [1.165, 1.54) is 0 Å². The van der Waals surface area contributed by atoms with Crippen molar-refractivity contribution in [2.24, 2.45) is 5.92 Å². The average Bonchev–Trinajstić information content (AvgIpc) is 2.14. The molecule has 0 bridgehead atoms. The summed E-state index contributed by atoms with van der Waals surface area (Å²) in [5, 5.41) is 0. The van der Waals surface area contributed by atoms with E-state index in [0.717, 1.165) is 45.7 Å². The van der Waals surface area contributed by atoms with Crippen LogP contribution in [0.1, 0.15) is 33.1 Å². The van der Waals surface area contributed by atoms with E-state index in [-0.39, 0.29) is 4.87 Å². The molecule has 1 aliphatic heterocycles. The second kappa shape index (κ2) is 5.94. The molecule has 0 aliphatic carbocycles. The molecule has 1 fully saturated rings. The Balaban J connectivity index is 2.09. The summed E-state index contributed by atoms with van der Waals surface area (Å²) in [6.45, 7) is 7.53. The maximum Gasteiger partial charge on any atom is 0.0512 e. The largest absolute Gasteiger partial charge is 0.381 e. The van der Waals surface area contributed by atoms with Crippen molar-refractivity contribution in [3.05, 3.63) is 0 Å². The molecule has 0 saturated carbocycles. The van der Waals surface area contributed by atoms with Crippen molar-refractivity contribution in [3.8, 4) is 0 Å². The third-order valence-electron chi connectivity index (χ3n) is 2.53. The van der Waals surface area contributed by atoms with E-state index in [9.17, 15) is 0 Å². The van der Waals surface area contributed by atoms with Gasteiger partial charge < -0.3 is 9.47 Å². The SMILES string of the molecule is CC(C)COCCC1(Cl)CCOCC1. The summed E-state index contributed by atoms with van der Waals surface area (Å²) >= 11 is 6.43. The number of alkyl halides is 1. The summed E-state index contributed by atoms with van der Waals surface area (Å²) < 4.78 is 10.8. The molecule has 1 aliphatic rings. The standard InChI is InChI=1S/C11H21ClO2/c1-10(2)9-14-8-5-11(12)3-6-13-7-4-11/h10H,3-9H2,1-2H3. The lowest BCUT2D eigenvalue weighted by Crippen LogP contribution is -2.32. The Morgan fingerprint density at radius 2 is 2.00 bits per heavy atom.